The highest BCUT2D eigenvalue weighted by Gasteiger charge is 2.24. The van der Waals surface area contributed by atoms with Crippen LogP contribution in [-0.2, 0) is 4.79 Å². The maximum atomic E-state index is 11.0. The molecule has 0 saturated heterocycles. The molecule has 1 aliphatic carbocycles. The highest BCUT2D eigenvalue weighted by Crippen LogP contribution is 2.23. The van der Waals surface area contributed by atoms with Crippen molar-refractivity contribution in [1.82, 2.24) is 0 Å². The Morgan fingerprint density at radius 3 is 2.79 bits per heavy atom. The van der Waals surface area contributed by atoms with E-state index in [-0.39, 0.29) is 5.92 Å². The van der Waals surface area contributed by atoms with E-state index in [4.69, 9.17) is 0 Å². The minimum absolute atomic E-state index is 0.232. The molecule has 0 heterocycles. The van der Waals surface area contributed by atoms with Gasteiger partial charge in [-0.3, -0.25) is 4.79 Å². The molecule has 0 spiro atoms. The van der Waals surface area contributed by atoms with Crippen molar-refractivity contribution in [3.8, 4) is 0 Å². The Labute approximate surface area is 86.9 Å². The van der Waals surface area contributed by atoms with Gasteiger partial charge in [-0.2, -0.15) is 0 Å². The Bertz CT molecular complexity index is 225. The van der Waals surface area contributed by atoms with E-state index in [2.05, 4.69) is 19.1 Å². The second-order valence-corrected chi connectivity index (χ2v) is 3.92. The van der Waals surface area contributed by atoms with E-state index >= 15 is 0 Å². The molecule has 78 valence electrons. The maximum Gasteiger partial charge on any atom is 0.139 e. The summed E-state index contributed by atoms with van der Waals surface area (Å²) in [6.45, 7) is 2.21. The van der Waals surface area contributed by atoms with Gasteiger partial charge in [0.2, 0.25) is 0 Å². The Kier molecular flexibility index (Phi) is 5.28. The predicted octanol–water partition coefficient (Wildman–Crippen LogP) is 3.66. The zero-order valence-electron chi connectivity index (χ0n) is 9.04. The Hall–Kier alpha value is -0.850. The van der Waals surface area contributed by atoms with Crippen LogP contribution in [0.25, 0.3) is 0 Å². The minimum atomic E-state index is 0.232. The third kappa shape index (κ3) is 3.91. The van der Waals surface area contributed by atoms with Crippen molar-refractivity contribution in [2.45, 2.75) is 45.4 Å². The van der Waals surface area contributed by atoms with E-state index in [0.717, 1.165) is 19.3 Å². The van der Waals surface area contributed by atoms with Crippen molar-refractivity contribution in [3.63, 3.8) is 0 Å². The van der Waals surface area contributed by atoms with Gasteiger partial charge in [-0.1, -0.05) is 44.1 Å². The van der Waals surface area contributed by atoms with Crippen LogP contribution in [0.2, 0.25) is 0 Å². The predicted molar refractivity (Wildman–Crippen MR) is 60.2 cm³/mol. The molecule has 1 atom stereocenters. The van der Waals surface area contributed by atoms with Gasteiger partial charge in [-0.15, -0.1) is 0 Å². The molecule has 0 aromatic heterocycles. The Morgan fingerprint density at radius 1 is 1.36 bits per heavy atom. The molecule has 0 aliphatic heterocycles. The van der Waals surface area contributed by atoms with E-state index in [1.807, 2.05) is 12.2 Å². The Morgan fingerprint density at radius 2 is 2.21 bits per heavy atom. The zero-order valence-corrected chi connectivity index (χ0v) is 9.04. The summed E-state index contributed by atoms with van der Waals surface area (Å²) in [4.78, 5) is 11.0. The molecule has 0 radical (unpaired) electrons. The normalized spacial score (nSPS) is 22.1. The molecule has 1 rings (SSSR count). The number of Topliss-reactive ketones (excluding diaryl/α,β-unsaturated/α-hetero) is 1. The molecule has 1 fully saturated rings. The van der Waals surface area contributed by atoms with Gasteiger partial charge >= 0.3 is 0 Å². The molecule has 1 heteroatoms. The first-order valence-corrected chi connectivity index (χ1v) is 5.70. The molecular weight excluding hydrogens is 172 g/mol. The molecule has 0 N–H and O–H groups in total. The monoisotopic (exact) mass is 192 g/mol. The lowest BCUT2D eigenvalue weighted by molar-refractivity contribution is -0.127. The van der Waals surface area contributed by atoms with Crippen LogP contribution in [0.4, 0.5) is 0 Å². The molecule has 1 aliphatic rings. The van der Waals surface area contributed by atoms with Gasteiger partial charge in [0.05, 0.1) is 0 Å². The van der Waals surface area contributed by atoms with Crippen LogP contribution in [0.15, 0.2) is 24.3 Å². The van der Waals surface area contributed by atoms with E-state index in [1.165, 1.54) is 19.3 Å². The quantitative estimate of drug-likeness (QED) is 0.463. The lowest BCUT2D eigenvalue weighted by Crippen LogP contribution is -2.22. The zero-order chi connectivity index (χ0) is 10.2. The van der Waals surface area contributed by atoms with Gasteiger partial charge in [-0.05, 0) is 19.3 Å². The van der Waals surface area contributed by atoms with Crippen LogP contribution in [0.3, 0.4) is 0 Å². The summed E-state index contributed by atoms with van der Waals surface area (Å²) < 4.78 is 0. The number of rotatable bonds is 6. The van der Waals surface area contributed by atoms with Crippen molar-refractivity contribution in [2.75, 3.05) is 0 Å². The number of hydrogen-bond donors (Lipinski definition) is 0. The highest BCUT2D eigenvalue weighted by molar-refractivity contribution is 5.87. The molecule has 0 aromatic rings. The molecule has 1 saturated carbocycles. The molecule has 0 bridgehead atoms. The maximum absolute atomic E-state index is 11.0. The average molecular weight is 192 g/mol. The first-order chi connectivity index (χ1) is 6.84. The van der Waals surface area contributed by atoms with E-state index in [1.54, 1.807) is 0 Å². The van der Waals surface area contributed by atoms with Crippen molar-refractivity contribution >= 4 is 5.78 Å². The molecular formula is C13H20O. The molecule has 1 nitrogen and oxygen atoms in total. The van der Waals surface area contributed by atoms with Crippen molar-refractivity contribution in [1.29, 1.82) is 0 Å². The van der Waals surface area contributed by atoms with Gasteiger partial charge in [-0.25, -0.2) is 0 Å². The van der Waals surface area contributed by atoms with Gasteiger partial charge in [0.25, 0.3) is 0 Å². The first kappa shape index (κ1) is 11.2. The van der Waals surface area contributed by atoms with E-state index in [9.17, 15) is 4.79 Å². The summed E-state index contributed by atoms with van der Waals surface area (Å²) >= 11 is 0. The van der Waals surface area contributed by atoms with Gasteiger partial charge < -0.3 is 0 Å². The fraction of sp³-hybridized carbons (Fsp3) is 0.615. The van der Waals surface area contributed by atoms with Gasteiger partial charge in [0, 0.05) is 12.3 Å². The lowest BCUT2D eigenvalue weighted by atomic mass is 9.84. The van der Waals surface area contributed by atoms with E-state index < -0.39 is 0 Å². The van der Waals surface area contributed by atoms with Crippen molar-refractivity contribution in [2.24, 2.45) is 5.92 Å². The standard InChI is InChI=1S/C13H20O/c1-2-3-4-5-6-7-8-9-12-10-11-13(12)14/h6-9,12H,2-5,10-11H2,1H3/b7-6+,9-8+. The van der Waals surface area contributed by atoms with Crippen LogP contribution in [-0.4, -0.2) is 5.78 Å². The smallest absolute Gasteiger partial charge is 0.139 e. The third-order valence-corrected chi connectivity index (χ3v) is 2.68. The lowest BCUT2D eigenvalue weighted by Gasteiger charge is -2.19. The van der Waals surface area contributed by atoms with E-state index in [0.29, 0.717) is 5.78 Å². The second kappa shape index (κ2) is 6.58. The largest absolute Gasteiger partial charge is 0.299 e. The van der Waals surface area contributed by atoms with Crippen LogP contribution < -0.4 is 0 Å². The number of allylic oxidation sites excluding steroid dienone is 4. The fourth-order valence-corrected chi connectivity index (χ4v) is 1.52. The van der Waals surface area contributed by atoms with Crippen LogP contribution in [0, 0.1) is 5.92 Å². The van der Waals surface area contributed by atoms with Crippen LogP contribution in [0.5, 0.6) is 0 Å². The summed E-state index contributed by atoms with van der Waals surface area (Å²) in [5.41, 5.74) is 0. The highest BCUT2D eigenvalue weighted by atomic mass is 16.1. The fourth-order valence-electron chi connectivity index (χ4n) is 1.52. The second-order valence-electron chi connectivity index (χ2n) is 3.92. The SMILES string of the molecule is CCCCC/C=C/C=C/C1CCC1=O. The van der Waals surface area contributed by atoms with Gasteiger partial charge in [0.15, 0.2) is 0 Å². The summed E-state index contributed by atoms with van der Waals surface area (Å²) in [7, 11) is 0. The summed E-state index contributed by atoms with van der Waals surface area (Å²) in [5.74, 6) is 0.635. The van der Waals surface area contributed by atoms with Crippen LogP contribution in [0.1, 0.15) is 45.4 Å². The Balaban J connectivity index is 2.04. The minimum Gasteiger partial charge on any atom is -0.299 e. The number of ketones is 1. The molecule has 14 heavy (non-hydrogen) atoms. The molecule has 0 amide bonds. The number of carbonyl (C=O) groups is 1. The van der Waals surface area contributed by atoms with Crippen LogP contribution >= 0.6 is 0 Å². The molecule has 0 aromatic carbocycles. The number of hydrogen-bond acceptors (Lipinski definition) is 1. The summed E-state index contributed by atoms with van der Waals surface area (Å²) in [5, 5.41) is 0. The number of carbonyl (C=O) groups excluding carboxylic acids is 1. The summed E-state index contributed by atoms with van der Waals surface area (Å²) in [6.07, 6.45) is 15.2. The topological polar surface area (TPSA) is 17.1 Å². The van der Waals surface area contributed by atoms with Crippen molar-refractivity contribution < 1.29 is 4.79 Å². The summed E-state index contributed by atoms with van der Waals surface area (Å²) in [6, 6.07) is 0. The average Bonchev–Trinajstić information content (AvgIpc) is 2.20. The number of unbranched alkanes of at least 4 members (excludes halogenated alkanes) is 3. The first-order valence-electron chi connectivity index (χ1n) is 5.70. The third-order valence-electron chi connectivity index (χ3n) is 2.68. The molecule has 1 unspecified atom stereocenters. The van der Waals surface area contributed by atoms with Crippen molar-refractivity contribution in [3.05, 3.63) is 24.3 Å². The van der Waals surface area contributed by atoms with Gasteiger partial charge in [0.1, 0.15) is 5.78 Å².